The molecule has 150 valence electrons. The van der Waals surface area contributed by atoms with Gasteiger partial charge < -0.3 is 23.7 Å². The van der Waals surface area contributed by atoms with Crippen molar-refractivity contribution in [1.29, 1.82) is 0 Å². The molecule has 0 N–H and O–H groups in total. The monoisotopic (exact) mass is 396 g/mol. The van der Waals surface area contributed by atoms with E-state index in [4.69, 9.17) is 13.9 Å². The average molecular weight is 396 g/mol. The minimum atomic E-state index is -0.686. The highest BCUT2D eigenvalue weighted by Gasteiger charge is 2.19. The largest absolute Gasteiger partial charge is 0.456 e. The zero-order valence-electron chi connectivity index (χ0n) is 16.5. The molecular weight excluding hydrogens is 376 g/mol. The second-order valence-electron chi connectivity index (χ2n) is 6.66. The van der Waals surface area contributed by atoms with Gasteiger partial charge in [-0.25, -0.2) is 9.59 Å². The van der Waals surface area contributed by atoms with E-state index in [0.717, 1.165) is 0 Å². The molecule has 0 atom stereocenters. The number of fused-ring (bicyclic) bond motifs is 1. The number of ether oxygens (including phenoxy) is 2. The van der Waals surface area contributed by atoms with Gasteiger partial charge in [0.25, 0.3) is 0 Å². The van der Waals surface area contributed by atoms with Gasteiger partial charge >= 0.3 is 12.2 Å². The molecule has 0 radical (unpaired) electrons. The molecule has 29 heavy (non-hydrogen) atoms. The summed E-state index contributed by atoms with van der Waals surface area (Å²) >= 11 is 0. The summed E-state index contributed by atoms with van der Waals surface area (Å²) in [6.07, 6.45) is -1.32. The van der Waals surface area contributed by atoms with Gasteiger partial charge in [-0.05, 0) is 0 Å². The standard InChI is InChI=1S/C21H20N2O6/c1-22(2)20(25)27-14-10-17-19(18(11-14)29-21(26)23(3)4)15(24)12-16(28-17)13-8-6-5-7-9-13/h5-12H,1-4H3. The predicted octanol–water partition coefficient (Wildman–Crippen LogP) is 3.58. The highest BCUT2D eigenvalue weighted by atomic mass is 16.6. The van der Waals surface area contributed by atoms with Crippen molar-refractivity contribution >= 4 is 23.2 Å². The molecular formula is C21H20N2O6. The van der Waals surface area contributed by atoms with E-state index in [1.165, 1.54) is 56.2 Å². The fourth-order valence-electron chi connectivity index (χ4n) is 2.49. The fraction of sp³-hybridized carbons (Fsp3) is 0.190. The van der Waals surface area contributed by atoms with Crippen LogP contribution in [0.5, 0.6) is 11.5 Å². The molecule has 0 saturated carbocycles. The fourth-order valence-corrected chi connectivity index (χ4v) is 2.49. The Morgan fingerprint density at radius 1 is 0.862 bits per heavy atom. The number of rotatable bonds is 3. The third-order valence-electron chi connectivity index (χ3n) is 3.96. The lowest BCUT2D eigenvalue weighted by molar-refractivity contribution is 0.170. The first-order valence-corrected chi connectivity index (χ1v) is 8.72. The first kappa shape index (κ1) is 19.9. The molecule has 0 fully saturated rings. The summed E-state index contributed by atoms with van der Waals surface area (Å²) in [4.78, 5) is 39.3. The molecule has 0 spiro atoms. The van der Waals surface area contributed by atoms with Gasteiger partial charge in [0.05, 0.1) is 0 Å². The van der Waals surface area contributed by atoms with Gasteiger partial charge in [-0.15, -0.1) is 0 Å². The molecule has 1 heterocycles. The van der Waals surface area contributed by atoms with Gasteiger partial charge in [0, 0.05) is 52.0 Å². The lowest BCUT2D eigenvalue weighted by Crippen LogP contribution is -2.26. The van der Waals surface area contributed by atoms with Crippen molar-refractivity contribution < 1.29 is 23.5 Å². The van der Waals surface area contributed by atoms with Gasteiger partial charge in [-0.3, -0.25) is 4.79 Å². The second-order valence-corrected chi connectivity index (χ2v) is 6.66. The summed E-state index contributed by atoms with van der Waals surface area (Å²) in [7, 11) is 6.08. The number of nitrogens with zero attached hydrogens (tertiary/aromatic N) is 2. The third kappa shape index (κ3) is 4.37. The summed E-state index contributed by atoms with van der Waals surface area (Å²) in [5.41, 5.74) is 0.438. The lowest BCUT2D eigenvalue weighted by atomic mass is 10.1. The summed E-state index contributed by atoms with van der Waals surface area (Å²) in [5, 5.41) is 0.0736. The van der Waals surface area contributed by atoms with E-state index in [0.29, 0.717) is 11.3 Å². The van der Waals surface area contributed by atoms with Crippen LogP contribution in [0.4, 0.5) is 9.59 Å². The average Bonchev–Trinajstić information content (AvgIpc) is 2.67. The van der Waals surface area contributed by atoms with Crippen LogP contribution in [0, 0.1) is 0 Å². The van der Waals surface area contributed by atoms with Crippen LogP contribution in [0.3, 0.4) is 0 Å². The number of benzene rings is 2. The van der Waals surface area contributed by atoms with E-state index in [1.54, 1.807) is 12.1 Å². The van der Waals surface area contributed by atoms with Crippen LogP contribution in [0.1, 0.15) is 0 Å². The summed E-state index contributed by atoms with van der Waals surface area (Å²) in [6, 6.07) is 13.1. The maximum Gasteiger partial charge on any atom is 0.414 e. The Morgan fingerprint density at radius 2 is 1.48 bits per heavy atom. The van der Waals surface area contributed by atoms with Gasteiger partial charge in [0.1, 0.15) is 22.5 Å². The summed E-state index contributed by atoms with van der Waals surface area (Å²) < 4.78 is 16.5. The number of carbonyl (C=O) groups is 2. The van der Waals surface area contributed by atoms with Crippen molar-refractivity contribution in [2.45, 2.75) is 0 Å². The Balaban J connectivity index is 2.19. The molecule has 0 aliphatic heterocycles. The molecule has 3 rings (SSSR count). The molecule has 8 heteroatoms. The lowest BCUT2D eigenvalue weighted by Gasteiger charge is -2.15. The Kier molecular flexibility index (Phi) is 5.54. The smallest absolute Gasteiger partial charge is 0.414 e. The van der Waals surface area contributed by atoms with E-state index in [-0.39, 0.29) is 22.5 Å². The molecule has 2 aromatic carbocycles. The molecule has 0 bridgehead atoms. The van der Waals surface area contributed by atoms with E-state index >= 15 is 0 Å². The van der Waals surface area contributed by atoms with E-state index in [1.807, 2.05) is 18.2 Å². The minimum absolute atomic E-state index is 0.0592. The Hall–Kier alpha value is -3.81. The predicted molar refractivity (Wildman–Crippen MR) is 107 cm³/mol. The topological polar surface area (TPSA) is 89.3 Å². The van der Waals surface area contributed by atoms with Crippen molar-refractivity contribution in [1.82, 2.24) is 9.80 Å². The van der Waals surface area contributed by atoms with Gasteiger partial charge in [0.15, 0.2) is 11.2 Å². The van der Waals surface area contributed by atoms with E-state index in [2.05, 4.69) is 0 Å². The second kappa shape index (κ2) is 8.05. The number of amides is 2. The van der Waals surface area contributed by atoms with Crippen molar-refractivity contribution in [3.8, 4) is 22.8 Å². The molecule has 0 aliphatic carbocycles. The number of hydrogen-bond donors (Lipinski definition) is 0. The van der Waals surface area contributed by atoms with Crippen molar-refractivity contribution in [2.24, 2.45) is 0 Å². The van der Waals surface area contributed by atoms with Crippen LogP contribution < -0.4 is 14.9 Å². The Labute approximate surface area is 166 Å². The molecule has 0 saturated heterocycles. The molecule has 1 aromatic heterocycles. The van der Waals surface area contributed by atoms with E-state index in [9.17, 15) is 14.4 Å². The molecule has 0 aliphatic rings. The summed E-state index contributed by atoms with van der Waals surface area (Å²) in [6.45, 7) is 0. The zero-order valence-corrected chi connectivity index (χ0v) is 16.5. The van der Waals surface area contributed by atoms with Gasteiger partial charge in [-0.1, -0.05) is 30.3 Å². The minimum Gasteiger partial charge on any atom is -0.456 e. The number of hydrogen-bond acceptors (Lipinski definition) is 6. The van der Waals surface area contributed by atoms with Crippen molar-refractivity contribution in [3.63, 3.8) is 0 Å². The molecule has 3 aromatic rings. The van der Waals surface area contributed by atoms with Gasteiger partial charge in [-0.2, -0.15) is 0 Å². The van der Waals surface area contributed by atoms with Crippen LogP contribution in [-0.2, 0) is 0 Å². The maximum atomic E-state index is 12.8. The quantitative estimate of drug-likeness (QED) is 0.672. The van der Waals surface area contributed by atoms with Crippen molar-refractivity contribution in [3.05, 3.63) is 58.8 Å². The first-order valence-electron chi connectivity index (χ1n) is 8.72. The normalized spacial score (nSPS) is 10.5. The van der Waals surface area contributed by atoms with Crippen molar-refractivity contribution in [2.75, 3.05) is 28.2 Å². The van der Waals surface area contributed by atoms with Crippen LogP contribution in [0.2, 0.25) is 0 Å². The van der Waals surface area contributed by atoms with E-state index < -0.39 is 17.6 Å². The van der Waals surface area contributed by atoms with Crippen LogP contribution in [0.25, 0.3) is 22.3 Å². The van der Waals surface area contributed by atoms with Crippen LogP contribution >= 0.6 is 0 Å². The SMILES string of the molecule is CN(C)C(=O)Oc1cc(OC(=O)N(C)C)c2c(=O)cc(-c3ccccc3)oc2c1. The Bertz CT molecular complexity index is 1120. The molecule has 2 amide bonds. The Morgan fingerprint density at radius 3 is 2.10 bits per heavy atom. The number of carbonyl (C=O) groups excluding carboxylic acids is 2. The van der Waals surface area contributed by atoms with Crippen LogP contribution in [0.15, 0.2) is 57.7 Å². The molecule has 8 nitrogen and oxygen atoms in total. The highest BCUT2D eigenvalue weighted by Crippen LogP contribution is 2.32. The first-order chi connectivity index (χ1) is 13.8. The highest BCUT2D eigenvalue weighted by molar-refractivity contribution is 5.89. The zero-order chi connectivity index (χ0) is 21.1. The summed E-state index contributed by atoms with van der Waals surface area (Å²) in [5.74, 6) is 0.353. The maximum absolute atomic E-state index is 12.8. The van der Waals surface area contributed by atoms with Crippen LogP contribution in [-0.4, -0.2) is 50.2 Å². The third-order valence-corrected chi connectivity index (χ3v) is 3.96. The molecule has 0 unspecified atom stereocenters. The van der Waals surface area contributed by atoms with Gasteiger partial charge in [0.2, 0.25) is 0 Å².